The number of alkyl halides is 2. The monoisotopic (exact) mass is 556 g/mol. The predicted octanol–water partition coefficient (Wildman–Crippen LogP) is 6.07. The van der Waals surface area contributed by atoms with E-state index in [2.05, 4.69) is 23.1 Å². The molecule has 41 heavy (non-hydrogen) atoms. The van der Waals surface area contributed by atoms with Crippen molar-refractivity contribution < 1.29 is 32.6 Å². The Morgan fingerprint density at radius 1 is 0.976 bits per heavy atom. The van der Waals surface area contributed by atoms with Crippen LogP contribution in [0.4, 0.5) is 8.78 Å². The molecule has 3 aromatic carbocycles. The minimum atomic E-state index is -3.00. The van der Waals surface area contributed by atoms with Crippen LogP contribution in [0.2, 0.25) is 0 Å². The first-order valence-electron chi connectivity index (χ1n) is 13.0. The second kappa shape index (κ2) is 12.1. The molecular weight excluding hydrogens is 530 g/mol. The van der Waals surface area contributed by atoms with Gasteiger partial charge in [-0.3, -0.25) is 14.9 Å². The molecule has 1 aliphatic carbocycles. The molecule has 0 bridgehead atoms. The Hall–Kier alpha value is -4.92. The van der Waals surface area contributed by atoms with E-state index < -0.39 is 31.0 Å². The lowest BCUT2D eigenvalue weighted by Crippen LogP contribution is -2.34. The number of benzene rings is 3. The summed E-state index contributed by atoms with van der Waals surface area (Å²) in [7, 11) is 0. The third-order valence-electron chi connectivity index (χ3n) is 6.69. The molecule has 0 saturated carbocycles. The second-order valence-corrected chi connectivity index (χ2v) is 9.78. The Morgan fingerprint density at radius 2 is 1.68 bits per heavy atom. The zero-order valence-corrected chi connectivity index (χ0v) is 22.1. The minimum absolute atomic E-state index is 0.0483. The van der Waals surface area contributed by atoms with Gasteiger partial charge < -0.3 is 9.47 Å². The van der Waals surface area contributed by atoms with Gasteiger partial charge in [0.1, 0.15) is 5.75 Å². The lowest BCUT2D eigenvalue weighted by Gasteiger charge is -2.26. The number of allylic oxidation sites excluding steroid dienone is 1. The lowest BCUT2D eigenvalue weighted by atomic mass is 9.80. The van der Waals surface area contributed by atoms with Crippen molar-refractivity contribution in [2.45, 2.75) is 26.4 Å². The maximum Gasteiger partial charge on any atom is 0.387 e. The Morgan fingerprint density at radius 3 is 2.41 bits per heavy atom. The molecule has 1 heterocycles. The third-order valence-corrected chi connectivity index (χ3v) is 6.69. The lowest BCUT2D eigenvalue weighted by molar-refractivity contribution is -0.123. The van der Waals surface area contributed by atoms with Gasteiger partial charge in [-0.1, -0.05) is 55.5 Å². The SMILES string of the molecule is C[C@H]1C/C(=C/c2ccccc2)c2nc3ccccc3c(C(=O)OCC(=O)NC(=O)c3ccc(OC(F)F)cc3)c2C1. The van der Waals surface area contributed by atoms with Crippen LogP contribution >= 0.6 is 0 Å². The fraction of sp³-hybridized carbons (Fsp3) is 0.188. The molecule has 5 rings (SSSR count). The van der Waals surface area contributed by atoms with Crippen molar-refractivity contribution in [2.24, 2.45) is 5.92 Å². The number of ether oxygens (including phenoxy) is 2. The first-order valence-corrected chi connectivity index (χ1v) is 13.0. The van der Waals surface area contributed by atoms with Gasteiger partial charge in [-0.15, -0.1) is 0 Å². The zero-order valence-electron chi connectivity index (χ0n) is 22.1. The van der Waals surface area contributed by atoms with Crippen molar-refractivity contribution in [3.8, 4) is 5.75 Å². The highest BCUT2D eigenvalue weighted by molar-refractivity contribution is 6.08. The van der Waals surface area contributed by atoms with Crippen LogP contribution in [0.5, 0.6) is 5.75 Å². The molecule has 0 spiro atoms. The van der Waals surface area contributed by atoms with E-state index >= 15 is 0 Å². The van der Waals surface area contributed by atoms with Gasteiger partial charge in [0.25, 0.3) is 11.8 Å². The van der Waals surface area contributed by atoms with Gasteiger partial charge in [-0.2, -0.15) is 8.78 Å². The average molecular weight is 557 g/mol. The molecule has 1 N–H and O–H groups in total. The first-order chi connectivity index (χ1) is 19.8. The Labute approximate surface area is 234 Å². The Bertz CT molecular complexity index is 1640. The van der Waals surface area contributed by atoms with E-state index in [0.29, 0.717) is 22.9 Å². The standard InChI is InChI=1S/C32H26F2N2O5/c1-19-15-22(17-20-7-3-2-4-8-20)29-25(16-19)28(24-9-5-6-10-26(24)35-29)31(39)40-18-27(37)36-30(38)21-11-13-23(14-12-21)41-32(33)34/h2-14,17,19,32H,15-16,18H2,1H3,(H,36,37,38)/b22-17-/t19-/m0/s1. The Kier molecular flexibility index (Phi) is 8.14. The molecule has 2 amide bonds. The number of esters is 1. The van der Waals surface area contributed by atoms with Crippen LogP contribution in [0.3, 0.4) is 0 Å². The van der Waals surface area contributed by atoms with Gasteiger partial charge in [0.2, 0.25) is 0 Å². The molecule has 1 aromatic heterocycles. The van der Waals surface area contributed by atoms with Crippen LogP contribution in [-0.2, 0) is 16.0 Å². The summed E-state index contributed by atoms with van der Waals surface area (Å²) in [5.41, 5.74) is 4.56. The number of pyridine rings is 1. The molecule has 0 saturated heterocycles. The number of para-hydroxylation sites is 1. The van der Waals surface area contributed by atoms with Gasteiger partial charge in [-0.05, 0) is 71.9 Å². The number of nitrogens with zero attached hydrogens (tertiary/aromatic N) is 1. The molecule has 0 unspecified atom stereocenters. The van der Waals surface area contributed by atoms with Crippen LogP contribution in [0.25, 0.3) is 22.6 Å². The van der Waals surface area contributed by atoms with Gasteiger partial charge in [0.05, 0.1) is 16.8 Å². The first kappa shape index (κ1) is 27.6. The number of amides is 2. The fourth-order valence-corrected chi connectivity index (χ4v) is 4.95. The Balaban J connectivity index is 1.37. The maximum atomic E-state index is 13.5. The van der Waals surface area contributed by atoms with Crippen molar-refractivity contribution in [1.29, 1.82) is 0 Å². The highest BCUT2D eigenvalue weighted by Gasteiger charge is 2.29. The summed E-state index contributed by atoms with van der Waals surface area (Å²) in [5, 5.41) is 2.76. The number of aromatic nitrogens is 1. The zero-order chi connectivity index (χ0) is 28.9. The summed E-state index contributed by atoms with van der Waals surface area (Å²) < 4.78 is 34.3. The van der Waals surface area contributed by atoms with Crippen molar-refractivity contribution in [2.75, 3.05) is 6.61 Å². The van der Waals surface area contributed by atoms with Crippen LogP contribution < -0.4 is 10.1 Å². The highest BCUT2D eigenvalue weighted by atomic mass is 19.3. The fourth-order valence-electron chi connectivity index (χ4n) is 4.95. The van der Waals surface area contributed by atoms with Gasteiger partial charge in [-0.25, -0.2) is 9.78 Å². The summed E-state index contributed by atoms with van der Waals surface area (Å²) in [4.78, 5) is 43.3. The summed E-state index contributed by atoms with van der Waals surface area (Å²) in [6.07, 6.45) is 3.48. The van der Waals surface area contributed by atoms with Crippen LogP contribution in [0, 0.1) is 5.92 Å². The average Bonchev–Trinajstić information content (AvgIpc) is 2.95. The van der Waals surface area contributed by atoms with E-state index in [1.54, 1.807) is 6.07 Å². The quantitative estimate of drug-likeness (QED) is 0.278. The second-order valence-electron chi connectivity index (χ2n) is 9.78. The van der Waals surface area contributed by atoms with Crippen LogP contribution in [-0.4, -0.2) is 36.0 Å². The number of rotatable bonds is 7. The van der Waals surface area contributed by atoms with E-state index in [9.17, 15) is 23.2 Å². The molecule has 4 aromatic rings. The molecule has 0 fully saturated rings. The van der Waals surface area contributed by atoms with Gasteiger partial charge in [0.15, 0.2) is 6.61 Å². The van der Waals surface area contributed by atoms with E-state index in [-0.39, 0.29) is 17.2 Å². The van der Waals surface area contributed by atoms with E-state index in [4.69, 9.17) is 9.72 Å². The molecule has 1 aliphatic rings. The molecule has 208 valence electrons. The number of nitrogens with one attached hydrogen (secondary N) is 1. The number of hydrogen-bond donors (Lipinski definition) is 1. The molecular formula is C32H26F2N2O5. The number of carbonyl (C=O) groups is 3. The van der Waals surface area contributed by atoms with E-state index in [1.165, 1.54) is 24.3 Å². The van der Waals surface area contributed by atoms with E-state index in [1.807, 2.05) is 48.5 Å². The van der Waals surface area contributed by atoms with Gasteiger partial charge in [0, 0.05) is 10.9 Å². The molecule has 0 radical (unpaired) electrons. The molecule has 7 nitrogen and oxygen atoms in total. The number of carbonyl (C=O) groups excluding carboxylic acids is 3. The van der Waals surface area contributed by atoms with Gasteiger partial charge >= 0.3 is 12.6 Å². The van der Waals surface area contributed by atoms with E-state index in [0.717, 1.165) is 28.8 Å². The van der Waals surface area contributed by atoms with Crippen molar-refractivity contribution >= 4 is 40.3 Å². The van der Waals surface area contributed by atoms with Crippen molar-refractivity contribution in [3.05, 3.63) is 107 Å². The number of imide groups is 1. The summed E-state index contributed by atoms with van der Waals surface area (Å²) in [5.74, 6) is -2.18. The van der Waals surface area contributed by atoms with Crippen LogP contribution in [0.15, 0.2) is 78.9 Å². The summed E-state index contributed by atoms with van der Waals surface area (Å²) in [6.45, 7) is -1.58. The predicted molar refractivity (Wildman–Crippen MR) is 149 cm³/mol. The number of hydrogen-bond acceptors (Lipinski definition) is 6. The van der Waals surface area contributed by atoms with Crippen molar-refractivity contribution in [3.63, 3.8) is 0 Å². The molecule has 0 aliphatic heterocycles. The maximum absolute atomic E-state index is 13.5. The normalized spacial score (nSPS) is 15.4. The molecule has 1 atom stereocenters. The summed E-state index contributed by atoms with van der Waals surface area (Å²) in [6, 6.07) is 22.0. The highest BCUT2D eigenvalue weighted by Crippen LogP contribution is 2.38. The number of fused-ring (bicyclic) bond motifs is 2. The largest absolute Gasteiger partial charge is 0.452 e. The minimum Gasteiger partial charge on any atom is -0.452 e. The van der Waals surface area contributed by atoms with Crippen LogP contribution in [0.1, 0.15) is 50.9 Å². The molecule has 9 heteroatoms. The van der Waals surface area contributed by atoms with Crippen molar-refractivity contribution in [1.82, 2.24) is 10.3 Å². The number of halogens is 2. The topological polar surface area (TPSA) is 94.6 Å². The smallest absolute Gasteiger partial charge is 0.387 e. The third kappa shape index (κ3) is 6.46. The summed E-state index contributed by atoms with van der Waals surface area (Å²) >= 11 is 0.